The van der Waals surface area contributed by atoms with Crippen LogP contribution in [-0.2, 0) is 13.6 Å². The van der Waals surface area contributed by atoms with Crippen molar-refractivity contribution in [2.75, 3.05) is 13.7 Å². The number of nitrogens with zero attached hydrogens (tertiary/aromatic N) is 5. The van der Waals surface area contributed by atoms with Crippen molar-refractivity contribution in [3.8, 4) is 28.4 Å². The molecule has 8 rings (SSSR count). The molecule has 1 saturated heterocycles. The molecule has 3 aliphatic rings. The normalized spacial score (nSPS) is 22.2. The van der Waals surface area contributed by atoms with Crippen LogP contribution in [0.5, 0.6) is 5.75 Å². The Kier molecular flexibility index (Phi) is 5.37. The quantitative estimate of drug-likeness (QED) is 0.309. The Hall–Kier alpha value is -3.69. The maximum absolute atomic E-state index is 13.7. The molecule has 1 aromatic carbocycles. The fourth-order valence-corrected chi connectivity index (χ4v) is 8.01. The van der Waals surface area contributed by atoms with Gasteiger partial charge in [-0.25, -0.2) is 4.98 Å². The molecule has 2 N–H and O–H groups in total. The number of piperidine rings is 1. The van der Waals surface area contributed by atoms with E-state index >= 15 is 0 Å². The number of pyridine rings is 1. The Morgan fingerprint density at radius 2 is 1.95 bits per heavy atom. The number of hydrogen-bond acceptors (Lipinski definition) is 6. The summed E-state index contributed by atoms with van der Waals surface area (Å²) in [5.41, 5.74) is 13.4. The highest BCUT2D eigenvalue weighted by Gasteiger charge is 2.47. The van der Waals surface area contributed by atoms with Crippen LogP contribution in [0.1, 0.15) is 36.0 Å². The number of fused-ring (bicyclic) bond motifs is 4. The number of thiophene rings is 1. The first-order valence-electron chi connectivity index (χ1n) is 14.1. The number of aromatic nitrogens is 4. The van der Waals surface area contributed by atoms with Gasteiger partial charge in [0.1, 0.15) is 11.3 Å². The molecule has 0 spiro atoms. The van der Waals surface area contributed by atoms with E-state index in [-0.39, 0.29) is 18.0 Å². The lowest BCUT2D eigenvalue weighted by Crippen LogP contribution is -2.41. The Morgan fingerprint density at radius 3 is 2.65 bits per heavy atom. The number of rotatable bonds is 6. The van der Waals surface area contributed by atoms with Crippen LogP contribution < -0.4 is 10.5 Å². The van der Waals surface area contributed by atoms with Crippen molar-refractivity contribution in [2.24, 2.45) is 24.6 Å². The lowest BCUT2D eigenvalue weighted by atomic mass is 10.1. The van der Waals surface area contributed by atoms with Crippen molar-refractivity contribution in [1.29, 1.82) is 0 Å². The molecule has 204 valence electrons. The number of aryl methyl sites for hydroxylation is 1. The summed E-state index contributed by atoms with van der Waals surface area (Å²) in [6.07, 6.45) is 8.33. The van der Waals surface area contributed by atoms with Crippen molar-refractivity contribution in [3.05, 3.63) is 53.7 Å². The van der Waals surface area contributed by atoms with E-state index in [1.54, 1.807) is 18.4 Å². The van der Waals surface area contributed by atoms with E-state index in [1.807, 2.05) is 36.5 Å². The lowest BCUT2D eigenvalue weighted by Gasteiger charge is -2.27. The second-order valence-corrected chi connectivity index (χ2v) is 12.6. The van der Waals surface area contributed by atoms with Gasteiger partial charge in [-0.15, -0.1) is 11.3 Å². The van der Waals surface area contributed by atoms with Gasteiger partial charge in [0.2, 0.25) is 0 Å². The third-order valence-corrected chi connectivity index (χ3v) is 10.2. The van der Waals surface area contributed by atoms with Crippen LogP contribution in [0.4, 0.5) is 0 Å². The average Bonchev–Trinajstić information content (AvgIpc) is 3.21. The van der Waals surface area contributed by atoms with Gasteiger partial charge in [0, 0.05) is 61.1 Å². The van der Waals surface area contributed by atoms with Gasteiger partial charge in [-0.1, -0.05) is 0 Å². The van der Waals surface area contributed by atoms with E-state index in [0.717, 1.165) is 48.5 Å². The number of carbonyl (C=O) groups is 1. The first kappa shape index (κ1) is 24.1. The highest BCUT2D eigenvalue weighted by molar-refractivity contribution is 7.17. The summed E-state index contributed by atoms with van der Waals surface area (Å²) in [7, 11) is 3.70. The van der Waals surface area contributed by atoms with E-state index in [9.17, 15) is 4.79 Å². The topological polar surface area (TPSA) is 91.2 Å². The fourth-order valence-electron chi connectivity index (χ4n) is 7.01. The van der Waals surface area contributed by atoms with Crippen LogP contribution >= 0.6 is 11.3 Å². The Morgan fingerprint density at radius 1 is 1.12 bits per heavy atom. The number of benzene rings is 1. The van der Waals surface area contributed by atoms with E-state index in [0.29, 0.717) is 23.1 Å². The Balaban J connectivity index is 1.26. The molecule has 3 fully saturated rings. The van der Waals surface area contributed by atoms with Crippen LogP contribution in [0, 0.1) is 11.8 Å². The molecule has 0 unspecified atom stereocenters. The molecule has 5 heterocycles. The minimum atomic E-state index is 0.0228. The number of nitrogens with two attached hydrogens (primary N) is 1. The molecular weight excluding hydrogens is 520 g/mol. The zero-order chi connectivity index (χ0) is 27.1. The first-order valence-corrected chi connectivity index (χ1v) is 15.0. The van der Waals surface area contributed by atoms with Crippen LogP contribution in [0.25, 0.3) is 43.9 Å². The number of imidazole rings is 1. The summed E-state index contributed by atoms with van der Waals surface area (Å²) in [5.74, 6) is 2.66. The average molecular weight is 553 g/mol. The summed E-state index contributed by atoms with van der Waals surface area (Å²) in [6, 6.07) is 10.4. The van der Waals surface area contributed by atoms with Gasteiger partial charge < -0.3 is 24.5 Å². The molecule has 1 aliphatic heterocycles. The van der Waals surface area contributed by atoms with Gasteiger partial charge in [0.25, 0.3) is 5.91 Å². The van der Waals surface area contributed by atoms with Gasteiger partial charge in [-0.05, 0) is 73.4 Å². The molecule has 0 radical (unpaired) electrons. The third kappa shape index (κ3) is 3.57. The Bertz CT molecular complexity index is 1780. The second-order valence-electron chi connectivity index (χ2n) is 11.7. The zero-order valence-electron chi connectivity index (χ0n) is 22.7. The second kappa shape index (κ2) is 8.91. The van der Waals surface area contributed by atoms with E-state index in [4.69, 9.17) is 15.5 Å². The fraction of sp³-hybridized carbons (Fsp3) is 0.387. The molecular formula is C31H32N6O2S. The minimum Gasteiger partial charge on any atom is -0.494 e. The van der Waals surface area contributed by atoms with Gasteiger partial charge >= 0.3 is 0 Å². The van der Waals surface area contributed by atoms with E-state index in [1.165, 1.54) is 34.2 Å². The molecule has 2 aliphatic carbocycles. The number of likely N-dealkylation sites (tertiary alicyclic amines) is 1. The van der Waals surface area contributed by atoms with Gasteiger partial charge in [0.05, 0.1) is 28.5 Å². The number of carbonyl (C=O) groups excluding carboxylic acids is 1. The summed E-state index contributed by atoms with van der Waals surface area (Å²) < 4.78 is 11.7. The van der Waals surface area contributed by atoms with Gasteiger partial charge in [-0.2, -0.15) is 0 Å². The van der Waals surface area contributed by atoms with Gasteiger partial charge in [-0.3, -0.25) is 9.78 Å². The zero-order valence-corrected chi connectivity index (χ0v) is 23.5. The number of amides is 1. The maximum atomic E-state index is 13.7. The SMILES string of the molecule is COc1cc(C(=O)N2C[C@H]3CC[C@@H]2[C@@H]3N)cc2nc(-c3cc4scc(-c5ccncc5)c4n3CC3CC3)n(C)c12. The maximum Gasteiger partial charge on any atom is 0.254 e. The molecule has 1 amide bonds. The smallest absolute Gasteiger partial charge is 0.254 e. The largest absolute Gasteiger partial charge is 0.494 e. The molecule has 8 nitrogen and oxygen atoms in total. The lowest BCUT2D eigenvalue weighted by molar-refractivity contribution is 0.0700. The first-order chi connectivity index (χ1) is 19.5. The molecule has 5 aromatic rings. The molecule has 9 heteroatoms. The monoisotopic (exact) mass is 552 g/mol. The molecule has 2 saturated carbocycles. The Labute approximate surface area is 236 Å². The molecule has 4 aromatic heterocycles. The van der Waals surface area contributed by atoms with Crippen LogP contribution in [-0.4, -0.2) is 55.6 Å². The summed E-state index contributed by atoms with van der Waals surface area (Å²) in [6.45, 7) is 1.71. The number of methoxy groups -OCH3 is 1. The van der Waals surface area contributed by atoms with Crippen molar-refractivity contribution in [2.45, 2.75) is 44.3 Å². The van der Waals surface area contributed by atoms with E-state index < -0.39 is 0 Å². The molecule has 3 atom stereocenters. The van der Waals surface area contributed by atoms with Crippen molar-refractivity contribution >= 4 is 38.5 Å². The standard InChI is InChI=1S/C31H32N6O2S/c1-35-29-22(11-20(12-25(29)39-2)31(38)37-15-19-5-6-23(37)27(19)32)34-30(35)24-13-26-28(36(24)14-17-3-4-17)21(16-40-26)18-7-9-33-10-8-18/h7-13,16-17,19,23,27H,3-6,14-15,32H2,1-2H3/t19-,23-,27-/m1/s1. The highest BCUT2D eigenvalue weighted by Crippen LogP contribution is 2.43. The third-order valence-electron chi connectivity index (χ3n) is 9.29. The highest BCUT2D eigenvalue weighted by atomic mass is 32.1. The van der Waals surface area contributed by atoms with Gasteiger partial charge in [0.15, 0.2) is 5.82 Å². The molecule has 40 heavy (non-hydrogen) atoms. The predicted molar refractivity (Wildman–Crippen MR) is 158 cm³/mol. The van der Waals surface area contributed by atoms with Crippen molar-refractivity contribution in [1.82, 2.24) is 24.0 Å². The number of hydrogen-bond donors (Lipinski definition) is 1. The van der Waals surface area contributed by atoms with Crippen molar-refractivity contribution in [3.63, 3.8) is 0 Å². The molecule has 2 bridgehead atoms. The van der Waals surface area contributed by atoms with E-state index in [2.05, 4.69) is 37.7 Å². The van der Waals surface area contributed by atoms with Crippen LogP contribution in [0.2, 0.25) is 0 Å². The summed E-state index contributed by atoms with van der Waals surface area (Å²) >= 11 is 1.77. The van der Waals surface area contributed by atoms with Crippen molar-refractivity contribution < 1.29 is 9.53 Å². The number of ether oxygens (including phenoxy) is 1. The van der Waals surface area contributed by atoms with Crippen LogP contribution in [0.15, 0.2) is 48.1 Å². The predicted octanol–water partition coefficient (Wildman–Crippen LogP) is 5.30. The summed E-state index contributed by atoms with van der Waals surface area (Å²) in [5, 5.41) is 2.25. The van der Waals surface area contributed by atoms with Crippen LogP contribution in [0.3, 0.4) is 0 Å². The minimum absolute atomic E-state index is 0.0228. The summed E-state index contributed by atoms with van der Waals surface area (Å²) in [4.78, 5) is 25.0.